The van der Waals surface area contributed by atoms with Gasteiger partial charge in [-0.25, -0.2) is 4.79 Å². The summed E-state index contributed by atoms with van der Waals surface area (Å²) < 4.78 is 5.74. The molecule has 0 bridgehead atoms. The van der Waals surface area contributed by atoms with Crippen LogP contribution in [-0.2, 0) is 4.74 Å². The summed E-state index contributed by atoms with van der Waals surface area (Å²) in [5.41, 5.74) is 2.74. The first-order valence-corrected chi connectivity index (χ1v) is 7.79. The molecule has 21 heavy (non-hydrogen) atoms. The number of aromatic amines is 2. The molecule has 1 aliphatic heterocycles. The Morgan fingerprint density at radius 2 is 2.19 bits per heavy atom. The first-order chi connectivity index (χ1) is 10.2. The molecule has 2 aromatic rings. The summed E-state index contributed by atoms with van der Waals surface area (Å²) in [4.78, 5) is 16.8. The van der Waals surface area contributed by atoms with Gasteiger partial charge in [-0.1, -0.05) is 6.07 Å². The van der Waals surface area contributed by atoms with E-state index in [1.165, 1.54) is 24.8 Å². The number of rotatable bonds is 5. The molecule has 0 amide bonds. The Hall–Kier alpha value is -1.59. The van der Waals surface area contributed by atoms with Gasteiger partial charge in [-0.2, -0.15) is 0 Å². The fourth-order valence-corrected chi connectivity index (χ4v) is 2.93. The van der Waals surface area contributed by atoms with Crippen molar-refractivity contribution in [2.24, 2.45) is 0 Å². The Bertz CT molecular complexity index is 640. The van der Waals surface area contributed by atoms with Crippen LogP contribution in [0.4, 0.5) is 0 Å². The Balaban J connectivity index is 1.55. The highest BCUT2D eigenvalue weighted by atomic mass is 16.5. The highest BCUT2D eigenvalue weighted by Gasteiger charge is 2.14. The highest BCUT2D eigenvalue weighted by molar-refractivity contribution is 5.75. The number of aromatic nitrogens is 2. The summed E-state index contributed by atoms with van der Waals surface area (Å²) in [6.07, 6.45) is 5.16. The second kappa shape index (κ2) is 6.45. The Morgan fingerprint density at radius 3 is 3.00 bits per heavy atom. The van der Waals surface area contributed by atoms with E-state index in [1.807, 2.05) is 12.1 Å². The second-order valence-electron chi connectivity index (χ2n) is 5.84. The molecule has 2 unspecified atom stereocenters. The molecular weight excluding hydrogens is 266 g/mol. The SMILES string of the molecule is CC(NCCC1CCCCO1)c1ccc2[nH]c(=O)[nH]c2c1. The molecule has 3 N–H and O–H groups in total. The molecule has 5 nitrogen and oxygen atoms in total. The third-order valence-corrected chi connectivity index (χ3v) is 4.23. The van der Waals surface area contributed by atoms with Gasteiger partial charge in [0.1, 0.15) is 0 Å². The maximum Gasteiger partial charge on any atom is 0.323 e. The van der Waals surface area contributed by atoms with Crippen LogP contribution < -0.4 is 11.0 Å². The van der Waals surface area contributed by atoms with Crippen LogP contribution in [-0.4, -0.2) is 29.2 Å². The van der Waals surface area contributed by atoms with E-state index in [1.54, 1.807) is 0 Å². The number of hydrogen-bond donors (Lipinski definition) is 3. The van der Waals surface area contributed by atoms with E-state index in [4.69, 9.17) is 4.74 Å². The summed E-state index contributed by atoms with van der Waals surface area (Å²) in [7, 11) is 0. The largest absolute Gasteiger partial charge is 0.378 e. The average Bonchev–Trinajstić information content (AvgIpc) is 2.87. The van der Waals surface area contributed by atoms with E-state index < -0.39 is 0 Å². The zero-order valence-corrected chi connectivity index (χ0v) is 12.4. The topological polar surface area (TPSA) is 69.9 Å². The molecule has 5 heteroatoms. The van der Waals surface area contributed by atoms with Crippen molar-refractivity contribution in [1.29, 1.82) is 0 Å². The van der Waals surface area contributed by atoms with E-state index in [0.717, 1.165) is 30.6 Å². The van der Waals surface area contributed by atoms with Crippen LogP contribution in [0.25, 0.3) is 11.0 Å². The molecule has 1 fully saturated rings. The number of hydrogen-bond acceptors (Lipinski definition) is 3. The van der Waals surface area contributed by atoms with Crippen LogP contribution >= 0.6 is 0 Å². The molecule has 3 rings (SSSR count). The lowest BCUT2D eigenvalue weighted by Crippen LogP contribution is -2.27. The van der Waals surface area contributed by atoms with Gasteiger partial charge in [0.2, 0.25) is 0 Å². The summed E-state index contributed by atoms with van der Waals surface area (Å²) in [5.74, 6) is 0. The fraction of sp³-hybridized carbons (Fsp3) is 0.562. The summed E-state index contributed by atoms with van der Waals surface area (Å²) in [5, 5.41) is 3.54. The Morgan fingerprint density at radius 1 is 1.33 bits per heavy atom. The summed E-state index contributed by atoms with van der Waals surface area (Å²) >= 11 is 0. The van der Waals surface area contributed by atoms with Crippen LogP contribution in [0.5, 0.6) is 0 Å². The van der Waals surface area contributed by atoms with Gasteiger partial charge >= 0.3 is 5.69 Å². The van der Waals surface area contributed by atoms with Crippen LogP contribution in [0.3, 0.4) is 0 Å². The van der Waals surface area contributed by atoms with E-state index in [-0.39, 0.29) is 11.7 Å². The van der Waals surface area contributed by atoms with E-state index in [2.05, 4.69) is 28.3 Å². The fourth-order valence-electron chi connectivity index (χ4n) is 2.93. The number of nitrogens with one attached hydrogen (secondary N) is 3. The Labute approximate surface area is 124 Å². The summed E-state index contributed by atoms with van der Waals surface area (Å²) in [6.45, 7) is 4.01. The maximum absolute atomic E-state index is 11.3. The quantitative estimate of drug-likeness (QED) is 0.792. The van der Waals surface area contributed by atoms with E-state index in [0.29, 0.717) is 6.10 Å². The van der Waals surface area contributed by atoms with Crippen molar-refractivity contribution in [2.75, 3.05) is 13.2 Å². The van der Waals surface area contributed by atoms with Crippen LogP contribution in [0.2, 0.25) is 0 Å². The normalized spacial score (nSPS) is 20.7. The molecule has 0 radical (unpaired) electrons. The minimum Gasteiger partial charge on any atom is -0.378 e. The first-order valence-electron chi connectivity index (χ1n) is 7.79. The average molecular weight is 289 g/mol. The van der Waals surface area contributed by atoms with Crippen molar-refractivity contribution in [2.45, 2.75) is 44.8 Å². The van der Waals surface area contributed by atoms with Crippen molar-refractivity contribution in [3.63, 3.8) is 0 Å². The molecule has 1 aliphatic rings. The number of H-pyrrole nitrogens is 2. The van der Waals surface area contributed by atoms with Crippen LogP contribution in [0, 0.1) is 0 Å². The third-order valence-electron chi connectivity index (χ3n) is 4.23. The van der Waals surface area contributed by atoms with E-state index in [9.17, 15) is 4.79 Å². The summed E-state index contributed by atoms with van der Waals surface area (Å²) in [6, 6.07) is 6.30. The van der Waals surface area contributed by atoms with Crippen molar-refractivity contribution in [3.8, 4) is 0 Å². The van der Waals surface area contributed by atoms with Gasteiger partial charge in [0.15, 0.2) is 0 Å². The van der Waals surface area contributed by atoms with Crippen LogP contribution in [0.1, 0.15) is 44.2 Å². The van der Waals surface area contributed by atoms with Gasteiger partial charge in [0.25, 0.3) is 0 Å². The predicted molar refractivity (Wildman–Crippen MR) is 83.5 cm³/mol. The van der Waals surface area contributed by atoms with Crippen molar-refractivity contribution in [3.05, 3.63) is 34.2 Å². The first kappa shape index (κ1) is 14.4. The monoisotopic (exact) mass is 289 g/mol. The molecule has 0 aliphatic carbocycles. The van der Waals surface area contributed by atoms with Crippen LogP contribution in [0.15, 0.2) is 23.0 Å². The maximum atomic E-state index is 11.3. The molecule has 0 saturated carbocycles. The smallest absolute Gasteiger partial charge is 0.323 e. The molecule has 114 valence electrons. The van der Waals surface area contributed by atoms with Gasteiger partial charge in [-0.3, -0.25) is 0 Å². The minimum atomic E-state index is -0.155. The molecule has 2 atom stereocenters. The minimum absolute atomic E-state index is 0.155. The third kappa shape index (κ3) is 3.54. The second-order valence-corrected chi connectivity index (χ2v) is 5.84. The number of benzene rings is 1. The lowest BCUT2D eigenvalue weighted by Gasteiger charge is -2.23. The zero-order chi connectivity index (χ0) is 14.7. The number of fused-ring (bicyclic) bond motifs is 1. The van der Waals surface area contributed by atoms with Gasteiger partial charge < -0.3 is 20.0 Å². The number of ether oxygens (including phenoxy) is 1. The van der Waals surface area contributed by atoms with Gasteiger partial charge in [0, 0.05) is 12.6 Å². The molecule has 1 aromatic carbocycles. The van der Waals surface area contributed by atoms with Gasteiger partial charge in [0.05, 0.1) is 17.1 Å². The standard InChI is InChI=1S/C16H23N3O2/c1-11(17-8-7-13-4-2-3-9-21-13)12-5-6-14-15(10-12)19-16(20)18-14/h5-6,10-11,13,17H,2-4,7-9H2,1H3,(H2,18,19,20). The molecule has 1 aromatic heterocycles. The number of imidazole rings is 1. The predicted octanol–water partition coefficient (Wildman–Crippen LogP) is 2.47. The molecule has 1 saturated heterocycles. The molecule has 2 heterocycles. The lowest BCUT2D eigenvalue weighted by atomic mass is 10.1. The highest BCUT2D eigenvalue weighted by Crippen LogP contribution is 2.18. The zero-order valence-electron chi connectivity index (χ0n) is 12.4. The van der Waals surface area contributed by atoms with Crippen molar-refractivity contribution < 1.29 is 4.74 Å². The molecular formula is C16H23N3O2. The van der Waals surface area contributed by atoms with Crippen molar-refractivity contribution in [1.82, 2.24) is 15.3 Å². The van der Waals surface area contributed by atoms with E-state index >= 15 is 0 Å². The Kier molecular flexibility index (Phi) is 4.41. The van der Waals surface area contributed by atoms with Gasteiger partial charge in [-0.15, -0.1) is 0 Å². The van der Waals surface area contributed by atoms with Crippen molar-refractivity contribution >= 4 is 11.0 Å². The molecule has 0 spiro atoms. The van der Waals surface area contributed by atoms with Gasteiger partial charge in [-0.05, 0) is 56.8 Å². The lowest BCUT2D eigenvalue weighted by molar-refractivity contribution is 0.0112.